The van der Waals surface area contributed by atoms with E-state index in [9.17, 15) is 4.79 Å². The van der Waals surface area contributed by atoms with E-state index in [-0.39, 0.29) is 11.9 Å². The third-order valence-electron chi connectivity index (χ3n) is 5.18. The molecule has 3 rings (SSSR count). The summed E-state index contributed by atoms with van der Waals surface area (Å²) in [6, 6.07) is 8.12. The van der Waals surface area contributed by atoms with Crippen LogP contribution in [0.3, 0.4) is 0 Å². The van der Waals surface area contributed by atoms with Crippen molar-refractivity contribution >= 4 is 21.8 Å². The van der Waals surface area contributed by atoms with E-state index < -0.39 is 6.10 Å². The Morgan fingerprint density at radius 3 is 2.48 bits per heavy atom. The van der Waals surface area contributed by atoms with Crippen molar-refractivity contribution in [3.05, 3.63) is 28.7 Å². The highest BCUT2D eigenvalue weighted by atomic mass is 79.9. The Morgan fingerprint density at radius 2 is 1.87 bits per heavy atom. The summed E-state index contributed by atoms with van der Waals surface area (Å²) in [4.78, 5) is 12.5. The van der Waals surface area contributed by atoms with Gasteiger partial charge in [-0.1, -0.05) is 22.4 Å². The summed E-state index contributed by atoms with van der Waals surface area (Å²) in [5, 5.41) is 3.24. The van der Waals surface area contributed by atoms with Gasteiger partial charge < -0.3 is 15.8 Å². The van der Waals surface area contributed by atoms with Crippen LogP contribution in [-0.2, 0) is 4.79 Å². The number of halogens is 1. The zero-order chi connectivity index (χ0) is 16.4. The van der Waals surface area contributed by atoms with Crippen LogP contribution in [0.1, 0.15) is 39.0 Å². The molecule has 0 saturated heterocycles. The fraction of sp³-hybridized carbons (Fsp3) is 0.611. The van der Waals surface area contributed by atoms with E-state index in [2.05, 4.69) is 21.2 Å². The van der Waals surface area contributed by atoms with Gasteiger partial charge in [-0.15, -0.1) is 0 Å². The van der Waals surface area contributed by atoms with Crippen molar-refractivity contribution in [2.45, 2.75) is 57.2 Å². The van der Waals surface area contributed by atoms with Crippen molar-refractivity contribution in [3.63, 3.8) is 0 Å². The van der Waals surface area contributed by atoms with Gasteiger partial charge in [0.05, 0.1) is 0 Å². The maximum absolute atomic E-state index is 12.5. The van der Waals surface area contributed by atoms with Crippen LogP contribution in [0.15, 0.2) is 28.7 Å². The second kappa shape index (κ2) is 7.22. The highest BCUT2D eigenvalue weighted by molar-refractivity contribution is 9.10. The first-order valence-corrected chi connectivity index (χ1v) is 9.30. The van der Waals surface area contributed by atoms with E-state index in [0.717, 1.165) is 17.3 Å². The van der Waals surface area contributed by atoms with Crippen LogP contribution in [0.25, 0.3) is 0 Å². The number of hydrogen-bond acceptors (Lipinski definition) is 3. The van der Waals surface area contributed by atoms with Gasteiger partial charge in [0.25, 0.3) is 5.91 Å². The molecule has 2 bridgehead atoms. The summed E-state index contributed by atoms with van der Waals surface area (Å²) in [7, 11) is 0. The highest BCUT2D eigenvalue weighted by Gasteiger charge is 2.40. The number of nitrogens with one attached hydrogen (secondary N) is 1. The van der Waals surface area contributed by atoms with Crippen LogP contribution in [-0.4, -0.2) is 24.1 Å². The lowest BCUT2D eigenvalue weighted by Gasteiger charge is -2.45. The molecule has 0 spiro atoms. The second-order valence-corrected chi connectivity index (χ2v) is 7.85. The monoisotopic (exact) mass is 380 g/mol. The molecule has 3 N–H and O–H groups in total. The molecular weight excluding hydrogens is 356 g/mol. The molecule has 23 heavy (non-hydrogen) atoms. The number of benzene rings is 1. The molecule has 5 heteroatoms. The van der Waals surface area contributed by atoms with Crippen molar-refractivity contribution in [2.75, 3.05) is 0 Å². The Hall–Kier alpha value is -1.07. The number of hydrogen-bond donors (Lipinski definition) is 2. The van der Waals surface area contributed by atoms with Crippen LogP contribution in [0, 0.1) is 11.8 Å². The molecule has 2 saturated carbocycles. The molecule has 3 atom stereocenters. The summed E-state index contributed by atoms with van der Waals surface area (Å²) in [5.74, 6) is 1.75. The third-order valence-corrected chi connectivity index (χ3v) is 5.71. The Balaban J connectivity index is 1.58. The fourth-order valence-corrected chi connectivity index (χ4v) is 4.34. The predicted molar refractivity (Wildman–Crippen MR) is 94.2 cm³/mol. The normalized spacial score (nSPS) is 31.3. The molecule has 1 aromatic rings. The molecule has 1 aromatic carbocycles. The molecule has 0 heterocycles. The summed E-state index contributed by atoms with van der Waals surface area (Å²) < 4.78 is 6.75. The molecule has 2 fully saturated rings. The van der Waals surface area contributed by atoms with E-state index in [1.807, 2.05) is 31.2 Å². The molecule has 0 aromatic heterocycles. The van der Waals surface area contributed by atoms with E-state index in [0.29, 0.717) is 23.6 Å². The Labute approximate surface area is 146 Å². The van der Waals surface area contributed by atoms with Gasteiger partial charge in [-0.2, -0.15) is 0 Å². The summed E-state index contributed by atoms with van der Waals surface area (Å²) >= 11 is 3.39. The molecule has 126 valence electrons. The number of amides is 1. The number of ether oxygens (including phenoxy) is 1. The average molecular weight is 381 g/mol. The first-order valence-electron chi connectivity index (χ1n) is 8.51. The maximum Gasteiger partial charge on any atom is 0.261 e. The van der Waals surface area contributed by atoms with Gasteiger partial charge in [0, 0.05) is 16.6 Å². The Bertz CT molecular complexity index is 534. The lowest BCUT2D eigenvalue weighted by atomic mass is 9.67. The summed E-state index contributed by atoms with van der Waals surface area (Å²) in [5.41, 5.74) is 6.15. The van der Waals surface area contributed by atoms with Gasteiger partial charge in [0.15, 0.2) is 6.10 Å². The van der Waals surface area contributed by atoms with Crippen LogP contribution in [0.5, 0.6) is 5.75 Å². The van der Waals surface area contributed by atoms with Gasteiger partial charge in [-0.3, -0.25) is 4.79 Å². The predicted octanol–water partition coefficient (Wildman–Crippen LogP) is 3.24. The Kier molecular flexibility index (Phi) is 5.27. The molecule has 2 aliphatic carbocycles. The first kappa shape index (κ1) is 16.8. The van der Waals surface area contributed by atoms with Crippen LogP contribution < -0.4 is 15.8 Å². The lowest BCUT2D eigenvalue weighted by Crippen LogP contribution is -2.55. The van der Waals surface area contributed by atoms with Gasteiger partial charge >= 0.3 is 0 Å². The van der Waals surface area contributed by atoms with Crippen LogP contribution >= 0.6 is 15.9 Å². The molecule has 0 aliphatic heterocycles. The Morgan fingerprint density at radius 1 is 1.26 bits per heavy atom. The number of fused-ring (bicyclic) bond motifs is 2. The van der Waals surface area contributed by atoms with Crippen molar-refractivity contribution in [2.24, 2.45) is 17.6 Å². The highest BCUT2D eigenvalue weighted by Crippen LogP contribution is 2.39. The van der Waals surface area contributed by atoms with Gasteiger partial charge in [0.1, 0.15) is 5.75 Å². The van der Waals surface area contributed by atoms with Gasteiger partial charge in [0.2, 0.25) is 0 Å². The van der Waals surface area contributed by atoms with Crippen molar-refractivity contribution in [3.8, 4) is 5.75 Å². The lowest BCUT2D eigenvalue weighted by molar-refractivity contribution is -0.129. The number of rotatable bonds is 4. The van der Waals surface area contributed by atoms with Crippen molar-refractivity contribution in [1.29, 1.82) is 0 Å². The SMILES string of the molecule is CC(Oc1ccc(Br)cc1)C(=O)NC1C2CCCC1CC(N)C2. The minimum atomic E-state index is -0.493. The van der Waals surface area contributed by atoms with Gasteiger partial charge in [-0.25, -0.2) is 0 Å². The van der Waals surface area contributed by atoms with Crippen molar-refractivity contribution < 1.29 is 9.53 Å². The second-order valence-electron chi connectivity index (χ2n) is 6.93. The topological polar surface area (TPSA) is 64.3 Å². The quantitative estimate of drug-likeness (QED) is 0.842. The molecule has 2 aliphatic rings. The fourth-order valence-electron chi connectivity index (χ4n) is 4.08. The van der Waals surface area contributed by atoms with Crippen molar-refractivity contribution in [1.82, 2.24) is 5.32 Å². The minimum absolute atomic E-state index is 0.0229. The summed E-state index contributed by atoms with van der Waals surface area (Å²) in [6.45, 7) is 1.81. The maximum atomic E-state index is 12.5. The number of nitrogens with two attached hydrogens (primary N) is 1. The molecule has 4 nitrogen and oxygen atoms in total. The zero-order valence-corrected chi connectivity index (χ0v) is 15.1. The standard InChI is InChI=1S/C18H25BrN2O2/c1-11(23-16-7-5-14(19)6-8-16)18(22)21-17-12-3-2-4-13(17)10-15(20)9-12/h5-8,11-13,15,17H,2-4,9-10,20H2,1H3,(H,21,22). The third kappa shape index (κ3) is 4.07. The zero-order valence-electron chi connectivity index (χ0n) is 13.5. The summed E-state index contributed by atoms with van der Waals surface area (Å²) in [6.07, 6.45) is 5.19. The van der Waals surface area contributed by atoms with Crippen LogP contribution in [0.2, 0.25) is 0 Å². The van der Waals surface area contributed by atoms with E-state index in [1.54, 1.807) is 0 Å². The van der Waals surface area contributed by atoms with E-state index in [1.165, 1.54) is 19.3 Å². The molecule has 1 amide bonds. The number of carbonyl (C=O) groups excluding carboxylic acids is 1. The molecule has 0 radical (unpaired) electrons. The minimum Gasteiger partial charge on any atom is -0.481 e. The van der Waals surface area contributed by atoms with E-state index in [4.69, 9.17) is 10.5 Å². The average Bonchev–Trinajstić information content (AvgIpc) is 2.50. The molecular formula is C18H25BrN2O2. The smallest absolute Gasteiger partial charge is 0.261 e. The number of carbonyl (C=O) groups is 1. The van der Waals surface area contributed by atoms with Gasteiger partial charge in [-0.05, 0) is 68.7 Å². The largest absolute Gasteiger partial charge is 0.481 e. The van der Waals surface area contributed by atoms with E-state index >= 15 is 0 Å². The van der Waals surface area contributed by atoms with Crippen LogP contribution in [0.4, 0.5) is 0 Å². The first-order chi connectivity index (χ1) is 11.0. The molecule has 3 unspecified atom stereocenters.